The number of hydrogen-bond acceptors (Lipinski definition) is 0. The Bertz CT molecular complexity index is 469. The van der Waals surface area contributed by atoms with E-state index in [9.17, 15) is 0 Å². The molecule has 3 rings (SSSR count). The van der Waals surface area contributed by atoms with Gasteiger partial charge in [0.05, 0.1) is 0 Å². The molecule has 0 heteroatoms. The lowest BCUT2D eigenvalue weighted by molar-refractivity contribution is 0.522. The molecule has 1 fully saturated rings. The Balaban J connectivity index is 2.05. The van der Waals surface area contributed by atoms with Crippen molar-refractivity contribution in [3.63, 3.8) is 0 Å². The molecule has 2 aliphatic carbocycles. The summed E-state index contributed by atoms with van der Waals surface area (Å²) in [5.41, 5.74) is 8.22. The van der Waals surface area contributed by atoms with Gasteiger partial charge in [-0.25, -0.2) is 0 Å². The molecule has 0 bridgehead atoms. The topological polar surface area (TPSA) is 0 Å². The molecule has 0 unspecified atom stereocenters. The highest BCUT2D eigenvalue weighted by Crippen LogP contribution is 2.41. The van der Waals surface area contributed by atoms with Gasteiger partial charge in [0.15, 0.2) is 0 Å². The van der Waals surface area contributed by atoms with Crippen molar-refractivity contribution in [2.45, 2.75) is 51.9 Å². The lowest BCUT2D eigenvalue weighted by Crippen LogP contribution is -2.11. The molecule has 84 valence electrons. The molecule has 0 aromatic heterocycles. The lowest BCUT2D eigenvalue weighted by Gasteiger charge is -2.19. The maximum Gasteiger partial charge on any atom is -0.00977 e. The minimum Gasteiger partial charge on any atom is -0.0661 e. The van der Waals surface area contributed by atoms with Crippen LogP contribution in [0.1, 0.15) is 56.7 Å². The van der Waals surface area contributed by atoms with Crippen molar-refractivity contribution in [3.05, 3.63) is 40.5 Å². The number of benzene rings is 1. The van der Waals surface area contributed by atoms with Crippen molar-refractivity contribution in [2.24, 2.45) is 0 Å². The molecule has 0 nitrogen and oxygen atoms in total. The van der Waals surface area contributed by atoms with Crippen LogP contribution in [0, 0.1) is 0 Å². The first-order chi connectivity index (χ1) is 7.58. The fraction of sp³-hybridized carbons (Fsp3) is 0.500. The average molecular weight is 212 g/mol. The number of allylic oxidation sites excluding steroid dienone is 2. The van der Waals surface area contributed by atoms with Crippen molar-refractivity contribution in [1.29, 1.82) is 0 Å². The standard InChI is InChI=1S/C16H20/c1-11(12-4-5-12)13-6-7-15-14(10-13)8-9-16(15,2)3/h6-7,10H,4-5,8-9H2,1-3H3. The summed E-state index contributed by atoms with van der Waals surface area (Å²) >= 11 is 0. The quantitative estimate of drug-likeness (QED) is 0.644. The van der Waals surface area contributed by atoms with E-state index in [2.05, 4.69) is 39.0 Å². The van der Waals surface area contributed by atoms with E-state index < -0.39 is 0 Å². The van der Waals surface area contributed by atoms with Crippen LogP contribution in [0.25, 0.3) is 5.57 Å². The number of aryl methyl sites for hydroxylation is 1. The zero-order valence-corrected chi connectivity index (χ0v) is 10.6. The van der Waals surface area contributed by atoms with E-state index in [4.69, 9.17) is 0 Å². The number of hydrogen-bond donors (Lipinski definition) is 0. The van der Waals surface area contributed by atoms with Crippen molar-refractivity contribution < 1.29 is 0 Å². The number of rotatable bonds is 1. The van der Waals surface area contributed by atoms with Crippen molar-refractivity contribution in [3.8, 4) is 0 Å². The summed E-state index contributed by atoms with van der Waals surface area (Å²) < 4.78 is 0. The molecule has 0 heterocycles. The van der Waals surface area contributed by atoms with Crippen LogP contribution in [0.3, 0.4) is 0 Å². The van der Waals surface area contributed by atoms with Crippen LogP contribution in [0.15, 0.2) is 23.8 Å². The number of fused-ring (bicyclic) bond motifs is 1. The Hall–Kier alpha value is -1.04. The Morgan fingerprint density at radius 2 is 1.88 bits per heavy atom. The zero-order chi connectivity index (χ0) is 11.3. The van der Waals surface area contributed by atoms with E-state index in [0.29, 0.717) is 5.41 Å². The molecule has 1 saturated carbocycles. The van der Waals surface area contributed by atoms with Gasteiger partial charge in [0.1, 0.15) is 0 Å². The summed E-state index contributed by atoms with van der Waals surface area (Å²) in [5.74, 6) is 0. The zero-order valence-electron chi connectivity index (χ0n) is 10.6. The minimum absolute atomic E-state index is 0.397. The normalized spacial score (nSPS) is 20.8. The van der Waals surface area contributed by atoms with Crippen LogP contribution in [0.2, 0.25) is 0 Å². The molecule has 0 amide bonds. The summed E-state index contributed by atoms with van der Waals surface area (Å²) in [7, 11) is 0. The van der Waals surface area contributed by atoms with Gasteiger partial charge in [-0.2, -0.15) is 0 Å². The molecule has 0 saturated heterocycles. The first-order valence-corrected chi connectivity index (χ1v) is 6.40. The van der Waals surface area contributed by atoms with Crippen LogP contribution in [0.4, 0.5) is 0 Å². The van der Waals surface area contributed by atoms with Crippen molar-refractivity contribution >= 4 is 5.57 Å². The predicted molar refractivity (Wildman–Crippen MR) is 69.6 cm³/mol. The molecule has 0 spiro atoms. The van der Waals surface area contributed by atoms with Crippen LogP contribution in [0.5, 0.6) is 0 Å². The monoisotopic (exact) mass is 212 g/mol. The van der Waals surface area contributed by atoms with Gasteiger partial charge in [0.25, 0.3) is 0 Å². The first-order valence-electron chi connectivity index (χ1n) is 6.40. The van der Waals surface area contributed by atoms with Crippen LogP contribution < -0.4 is 0 Å². The molecule has 1 aromatic rings. The first kappa shape index (κ1) is 10.1. The van der Waals surface area contributed by atoms with E-state index in [0.717, 1.165) is 0 Å². The highest BCUT2D eigenvalue weighted by atomic mass is 14.3. The van der Waals surface area contributed by atoms with Gasteiger partial charge in [-0.05, 0) is 60.3 Å². The van der Waals surface area contributed by atoms with E-state index in [1.807, 2.05) is 0 Å². The van der Waals surface area contributed by atoms with Crippen LogP contribution >= 0.6 is 0 Å². The van der Waals surface area contributed by atoms with Gasteiger partial charge in [-0.1, -0.05) is 37.6 Å². The third-order valence-corrected chi connectivity index (χ3v) is 4.32. The Morgan fingerprint density at radius 1 is 1.12 bits per heavy atom. The summed E-state index contributed by atoms with van der Waals surface area (Å²) in [6.07, 6.45) is 5.23. The van der Waals surface area contributed by atoms with Crippen LogP contribution in [-0.4, -0.2) is 0 Å². The Morgan fingerprint density at radius 3 is 2.56 bits per heavy atom. The summed E-state index contributed by atoms with van der Waals surface area (Å²) in [4.78, 5) is 0. The molecule has 0 atom stereocenters. The van der Waals surface area contributed by atoms with Crippen molar-refractivity contribution in [2.75, 3.05) is 0 Å². The highest BCUT2D eigenvalue weighted by molar-refractivity contribution is 5.70. The molecular weight excluding hydrogens is 192 g/mol. The maximum atomic E-state index is 2.44. The smallest absolute Gasteiger partial charge is 0.00977 e. The Kier molecular flexibility index (Phi) is 2.04. The second-order valence-corrected chi connectivity index (χ2v) is 5.98. The largest absolute Gasteiger partial charge is 0.0661 e. The molecular formula is C16H20. The van der Waals surface area contributed by atoms with Gasteiger partial charge < -0.3 is 0 Å². The van der Waals surface area contributed by atoms with Crippen LogP contribution in [-0.2, 0) is 11.8 Å². The fourth-order valence-electron chi connectivity index (χ4n) is 2.92. The van der Waals surface area contributed by atoms with Gasteiger partial charge in [-0.3, -0.25) is 0 Å². The van der Waals surface area contributed by atoms with E-state index in [-0.39, 0.29) is 0 Å². The molecule has 2 aliphatic rings. The summed E-state index contributed by atoms with van der Waals surface area (Å²) in [5, 5.41) is 0. The molecule has 0 N–H and O–H groups in total. The van der Waals surface area contributed by atoms with Gasteiger partial charge in [0.2, 0.25) is 0 Å². The van der Waals surface area contributed by atoms with E-state index in [1.165, 1.54) is 36.8 Å². The lowest BCUT2D eigenvalue weighted by atomic mass is 9.86. The second kappa shape index (κ2) is 3.23. The molecule has 1 aromatic carbocycles. The summed E-state index contributed by atoms with van der Waals surface area (Å²) in [6.45, 7) is 7.01. The van der Waals surface area contributed by atoms with Gasteiger partial charge in [0, 0.05) is 0 Å². The predicted octanol–water partition coefficient (Wildman–Crippen LogP) is 4.48. The van der Waals surface area contributed by atoms with Gasteiger partial charge in [-0.15, -0.1) is 0 Å². The third-order valence-electron chi connectivity index (χ3n) is 4.32. The van der Waals surface area contributed by atoms with Gasteiger partial charge >= 0.3 is 0 Å². The van der Waals surface area contributed by atoms with E-state index >= 15 is 0 Å². The molecule has 0 aliphatic heterocycles. The molecule has 0 radical (unpaired) electrons. The minimum atomic E-state index is 0.397. The van der Waals surface area contributed by atoms with Crippen molar-refractivity contribution in [1.82, 2.24) is 0 Å². The Labute approximate surface area is 98.4 Å². The maximum absolute atomic E-state index is 2.44. The fourth-order valence-corrected chi connectivity index (χ4v) is 2.92. The average Bonchev–Trinajstić information content (AvgIpc) is 3.05. The second-order valence-electron chi connectivity index (χ2n) is 5.98. The summed E-state index contributed by atoms with van der Waals surface area (Å²) in [6, 6.07) is 7.13. The highest BCUT2D eigenvalue weighted by Gasteiger charge is 2.29. The molecule has 16 heavy (non-hydrogen) atoms. The SMILES string of the molecule is CC(=C1CC1)c1ccc2c(c1)CCC2(C)C. The van der Waals surface area contributed by atoms with E-state index in [1.54, 1.807) is 16.7 Å². The third kappa shape index (κ3) is 1.52.